The Balaban J connectivity index is 1.39. The first-order valence-corrected chi connectivity index (χ1v) is 15.9. The van der Waals surface area contributed by atoms with Crippen molar-refractivity contribution in [1.82, 2.24) is 9.21 Å². The fourth-order valence-corrected chi connectivity index (χ4v) is 7.74. The summed E-state index contributed by atoms with van der Waals surface area (Å²) in [7, 11) is -3.95. The maximum absolute atomic E-state index is 13.9. The molecule has 10 heteroatoms. The molecule has 208 valence electrons. The highest BCUT2D eigenvalue weighted by Gasteiger charge is 2.36. The van der Waals surface area contributed by atoms with Gasteiger partial charge in [-0.1, -0.05) is 29.3 Å². The Kier molecular flexibility index (Phi) is 8.63. The number of sulfonamides is 1. The molecule has 3 aromatic rings. The third kappa shape index (κ3) is 6.33. The molecular formula is C29H33ClN2O5S2. The number of benzene rings is 2. The Hall–Kier alpha value is -2.43. The highest BCUT2D eigenvalue weighted by atomic mass is 35.5. The summed E-state index contributed by atoms with van der Waals surface area (Å²) in [5.41, 5.74) is 3.25. The fraction of sp³-hybridized carbons (Fsp3) is 0.414. The van der Waals surface area contributed by atoms with E-state index >= 15 is 0 Å². The fourth-order valence-electron chi connectivity index (χ4n) is 5.27. The lowest BCUT2D eigenvalue weighted by Crippen LogP contribution is -2.49. The molecule has 1 amide bonds. The van der Waals surface area contributed by atoms with E-state index in [0.717, 1.165) is 41.7 Å². The molecule has 0 aliphatic carbocycles. The lowest BCUT2D eigenvalue weighted by Gasteiger charge is -2.37. The average Bonchev–Trinajstić information content (AvgIpc) is 3.60. The lowest BCUT2D eigenvalue weighted by atomic mass is 10.0. The molecule has 1 saturated heterocycles. The summed E-state index contributed by atoms with van der Waals surface area (Å²) in [4.78, 5) is 17.0. The standard InChI is InChI=1S/C29H33ClN2O5S2/c1-20-5-10-27(21(2)16-20)37-19-26-25-12-15-38-28(25)11-13-32(26)29(33)18-31(17-23-4-3-14-36-23)39(34,35)24-8-6-22(30)7-9-24/h5-10,12,15-16,23,26H,3-4,11,13-14,17-19H2,1-2H3/t23-,26-/m0/s1. The Labute approximate surface area is 239 Å². The van der Waals surface area contributed by atoms with E-state index in [1.807, 2.05) is 37.4 Å². The molecular weight excluding hydrogens is 556 g/mol. The first-order valence-electron chi connectivity index (χ1n) is 13.2. The molecule has 3 heterocycles. The van der Waals surface area contributed by atoms with Crippen LogP contribution in [0, 0.1) is 13.8 Å². The molecule has 1 aromatic heterocycles. The number of carbonyl (C=O) groups excluding carboxylic acids is 1. The number of rotatable bonds is 9. The highest BCUT2D eigenvalue weighted by Crippen LogP contribution is 2.35. The monoisotopic (exact) mass is 588 g/mol. The van der Waals surface area contributed by atoms with Crippen molar-refractivity contribution in [2.24, 2.45) is 0 Å². The van der Waals surface area contributed by atoms with Crippen LogP contribution in [-0.4, -0.2) is 62.5 Å². The summed E-state index contributed by atoms with van der Waals surface area (Å²) in [5, 5.41) is 2.49. The zero-order chi connectivity index (χ0) is 27.6. The normalized spacial score (nSPS) is 19.3. The van der Waals surface area contributed by atoms with Crippen LogP contribution in [0.4, 0.5) is 0 Å². The van der Waals surface area contributed by atoms with Gasteiger partial charge < -0.3 is 14.4 Å². The van der Waals surface area contributed by atoms with Gasteiger partial charge in [-0.15, -0.1) is 11.3 Å². The van der Waals surface area contributed by atoms with Crippen molar-refractivity contribution in [3.05, 3.63) is 80.5 Å². The molecule has 0 N–H and O–H groups in total. The third-order valence-corrected chi connectivity index (χ3v) is 10.4. The second kappa shape index (κ2) is 12.0. The SMILES string of the molecule is Cc1ccc(OC[C@H]2c3ccsc3CCN2C(=O)CN(C[C@@H]2CCCO2)S(=O)(=O)c2ccc(Cl)cc2)c(C)c1. The molecule has 1 fully saturated rings. The Morgan fingerprint density at radius 2 is 1.97 bits per heavy atom. The average molecular weight is 589 g/mol. The maximum atomic E-state index is 13.9. The molecule has 2 aliphatic rings. The summed E-state index contributed by atoms with van der Waals surface area (Å²) in [6.45, 7) is 5.28. The number of fused-ring (bicyclic) bond motifs is 1. The van der Waals surface area contributed by atoms with E-state index in [0.29, 0.717) is 18.2 Å². The van der Waals surface area contributed by atoms with E-state index in [-0.39, 0.29) is 42.6 Å². The number of aryl methyl sites for hydroxylation is 2. The minimum Gasteiger partial charge on any atom is -0.491 e. The minimum atomic E-state index is -3.95. The van der Waals surface area contributed by atoms with Crippen LogP contribution in [-0.2, 0) is 26.0 Å². The van der Waals surface area contributed by atoms with Crippen molar-refractivity contribution in [1.29, 1.82) is 0 Å². The van der Waals surface area contributed by atoms with Crippen LogP contribution in [0.5, 0.6) is 5.75 Å². The quantitative estimate of drug-likeness (QED) is 0.335. The minimum absolute atomic E-state index is 0.103. The van der Waals surface area contributed by atoms with Gasteiger partial charge in [-0.2, -0.15) is 4.31 Å². The van der Waals surface area contributed by atoms with Crippen molar-refractivity contribution >= 4 is 38.9 Å². The molecule has 0 bridgehead atoms. The van der Waals surface area contributed by atoms with E-state index in [2.05, 4.69) is 6.07 Å². The van der Waals surface area contributed by atoms with Crippen molar-refractivity contribution in [2.75, 3.05) is 32.8 Å². The lowest BCUT2D eigenvalue weighted by molar-refractivity contribution is -0.135. The number of halogens is 1. The summed E-state index contributed by atoms with van der Waals surface area (Å²) in [5.74, 6) is 0.525. The molecule has 5 rings (SSSR count). The van der Waals surface area contributed by atoms with Gasteiger partial charge in [-0.05, 0) is 86.0 Å². The second-order valence-electron chi connectivity index (χ2n) is 10.1. The number of ether oxygens (including phenoxy) is 2. The van der Waals surface area contributed by atoms with E-state index in [9.17, 15) is 13.2 Å². The van der Waals surface area contributed by atoms with Crippen molar-refractivity contribution in [3.8, 4) is 5.75 Å². The molecule has 0 spiro atoms. The molecule has 0 unspecified atom stereocenters. The van der Waals surface area contributed by atoms with Crippen molar-refractivity contribution in [2.45, 2.75) is 50.2 Å². The number of hydrogen-bond acceptors (Lipinski definition) is 6. The van der Waals surface area contributed by atoms with E-state index in [1.54, 1.807) is 28.4 Å². The van der Waals surface area contributed by atoms with Crippen molar-refractivity contribution in [3.63, 3.8) is 0 Å². The number of thiophene rings is 1. The number of nitrogens with zero attached hydrogens (tertiary/aromatic N) is 2. The van der Waals surface area contributed by atoms with Crippen LogP contribution in [0.1, 0.15) is 40.5 Å². The molecule has 2 aromatic carbocycles. The Morgan fingerprint density at radius 3 is 2.69 bits per heavy atom. The smallest absolute Gasteiger partial charge is 0.243 e. The molecule has 39 heavy (non-hydrogen) atoms. The molecule has 2 aliphatic heterocycles. The van der Waals surface area contributed by atoms with Crippen LogP contribution in [0.25, 0.3) is 0 Å². The summed E-state index contributed by atoms with van der Waals surface area (Å²) in [6, 6.07) is 13.8. The molecule has 0 radical (unpaired) electrons. The van der Waals surface area contributed by atoms with Gasteiger partial charge in [0, 0.05) is 29.6 Å². The topological polar surface area (TPSA) is 76.2 Å². The third-order valence-electron chi connectivity index (χ3n) is 7.34. The molecule has 0 saturated carbocycles. The van der Waals surface area contributed by atoms with Crippen LogP contribution >= 0.6 is 22.9 Å². The zero-order valence-corrected chi connectivity index (χ0v) is 24.5. The maximum Gasteiger partial charge on any atom is 0.243 e. The van der Waals surface area contributed by atoms with E-state index < -0.39 is 10.0 Å². The molecule has 2 atom stereocenters. The van der Waals surface area contributed by atoms with Gasteiger partial charge in [0.15, 0.2) is 0 Å². The predicted molar refractivity (Wildman–Crippen MR) is 153 cm³/mol. The zero-order valence-electron chi connectivity index (χ0n) is 22.1. The molecule has 7 nitrogen and oxygen atoms in total. The second-order valence-corrected chi connectivity index (χ2v) is 13.5. The van der Waals surface area contributed by atoms with E-state index in [4.69, 9.17) is 21.1 Å². The Bertz CT molecular complexity index is 1420. The number of carbonyl (C=O) groups is 1. The first kappa shape index (κ1) is 28.1. The van der Waals surface area contributed by atoms with Crippen molar-refractivity contribution < 1.29 is 22.7 Å². The van der Waals surface area contributed by atoms with Gasteiger partial charge in [0.05, 0.1) is 23.6 Å². The van der Waals surface area contributed by atoms with E-state index in [1.165, 1.54) is 21.3 Å². The summed E-state index contributed by atoms with van der Waals surface area (Å²) in [6.07, 6.45) is 2.12. The van der Waals surface area contributed by atoms with Gasteiger partial charge in [0.1, 0.15) is 12.4 Å². The first-order chi connectivity index (χ1) is 18.7. The van der Waals surface area contributed by atoms with Crippen LogP contribution in [0.3, 0.4) is 0 Å². The number of amides is 1. The van der Waals surface area contributed by atoms with Crippen LogP contribution < -0.4 is 4.74 Å². The van der Waals surface area contributed by atoms with Gasteiger partial charge in [0.2, 0.25) is 15.9 Å². The number of hydrogen-bond donors (Lipinski definition) is 0. The summed E-state index contributed by atoms with van der Waals surface area (Å²) < 4.78 is 40.7. The highest BCUT2D eigenvalue weighted by molar-refractivity contribution is 7.89. The van der Waals surface area contributed by atoms with Crippen LogP contribution in [0.15, 0.2) is 58.8 Å². The largest absolute Gasteiger partial charge is 0.491 e. The van der Waals surface area contributed by atoms with Gasteiger partial charge in [0.25, 0.3) is 0 Å². The van der Waals surface area contributed by atoms with Gasteiger partial charge >= 0.3 is 0 Å². The van der Waals surface area contributed by atoms with Crippen LogP contribution in [0.2, 0.25) is 5.02 Å². The van der Waals surface area contributed by atoms with Gasteiger partial charge in [-0.3, -0.25) is 4.79 Å². The summed E-state index contributed by atoms with van der Waals surface area (Å²) >= 11 is 7.68. The Morgan fingerprint density at radius 1 is 1.18 bits per heavy atom. The predicted octanol–water partition coefficient (Wildman–Crippen LogP) is 5.39. The van der Waals surface area contributed by atoms with Gasteiger partial charge in [-0.25, -0.2) is 8.42 Å².